The molecule has 0 saturated carbocycles. The summed E-state index contributed by atoms with van der Waals surface area (Å²) >= 11 is 1.26. The Bertz CT molecular complexity index is 1790. The van der Waals surface area contributed by atoms with Crippen LogP contribution in [0.1, 0.15) is 40.0 Å². The van der Waals surface area contributed by atoms with Crippen molar-refractivity contribution in [2.75, 3.05) is 20.0 Å². The van der Waals surface area contributed by atoms with Crippen LogP contribution in [-0.4, -0.2) is 57.3 Å². The number of aromatic nitrogens is 3. The lowest BCUT2D eigenvalue weighted by Gasteiger charge is -2.22. The number of benzene rings is 3. The van der Waals surface area contributed by atoms with E-state index in [4.69, 9.17) is 19.0 Å². The van der Waals surface area contributed by atoms with Gasteiger partial charge in [0.25, 0.3) is 11.8 Å². The van der Waals surface area contributed by atoms with Crippen LogP contribution in [0.3, 0.4) is 0 Å². The molecule has 0 bridgehead atoms. The number of hydrazone groups is 1. The van der Waals surface area contributed by atoms with Crippen LogP contribution in [-0.2, 0) is 11.3 Å². The van der Waals surface area contributed by atoms with Crippen molar-refractivity contribution in [1.29, 1.82) is 0 Å². The van der Waals surface area contributed by atoms with Gasteiger partial charge in [-0.3, -0.25) is 14.2 Å². The average Bonchev–Trinajstić information content (AvgIpc) is 3.87. The van der Waals surface area contributed by atoms with Crippen molar-refractivity contribution in [3.05, 3.63) is 120 Å². The van der Waals surface area contributed by atoms with Gasteiger partial charge >= 0.3 is 0 Å². The van der Waals surface area contributed by atoms with Crippen LogP contribution in [0, 0.1) is 0 Å². The number of amides is 2. The zero-order valence-electron chi connectivity index (χ0n) is 24.6. The summed E-state index contributed by atoms with van der Waals surface area (Å²) in [5, 5.41) is 18.4. The smallest absolute Gasteiger partial charge is 0.287 e. The molecule has 1 aliphatic rings. The average molecular weight is 623 g/mol. The molecule has 3 aromatic carbocycles. The van der Waals surface area contributed by atoms with E-state index >= 15 is 0 Å². The maximum absolute atomic E-state index is 13.8. The van der Waals surface area contributed by atoms with Crippen molar-refractivity contribution in [3.63, 3.8) is 0 Å². The summed E-state index contributed by atoms with van der Waals surface area (Å²) in [6.45, 7) is 0.108. The highest BCUT2D eigenvalue weighted by Gasteiger charge is 2.33. The third-order valence-corrected chi connectivity index (χ3v) is 8.19. The first-order valence-corrected chi connectivity index (χ1v) is 15.1. The Morgan fingerprint density at radius 2 is 1.62 bits per heavy atom. The molecule has 11 nitrogen and oxygen atoms in total. The SMILES string of the molecule is COc1ccc(C2=NN(C(=O)CSc3nnc(CNC(=O)c4ccco4)n3-c3ccccc3)[C@@H](c3ccc(OC)cc3)C2)cc1. The largest absolute Gasteiger partial charge is 0.497 e. The van der Waals surface area contributed by atoms with Crippen molar-refractivity contribution in [2.45, 2.75) is 24.2 Å². The van der Waals surface area contributed by atoms with Crippen LogP contribution in [0.4, 0.5) is 0 Å². The Kier molecular flexibility index (Phi) is 8.92. The Labute approximate surface area is 263 Å². The fourth-order valence-corrected chi connectivity index (χ4v) is 5.80. The summed E-state index contributed by atoms with van der Waals surface area (Å²) in [5.41, 5.74) is 3.47. The number of thioether (sulfide) groups is 1. The highest BCUT2D eigenvalue weighted by molar-refractivity contribution is 7.99. The van der Waals surface area contributed by atoms with Crippen LogP contribution in [0.2, 0.25) is 0 Å². The van der Waals surface area contributed by atoms with E-state index in [0.717, 1.165) is 34.0 Å². The second-order valence-electron chi connectivity index (χ2n) is 10.0. The van der Waals surface area contributed by atoms with E-state index in [1.807, 2.05) is 83.4 Å². The van der Waals surface area contributed by atoms with E-state index in [1.54, 1.807) is 31.4 Å². The number of rotatable bonds is 11. The molecule has 0 spiro atoms. The molecule has 1 atom stereocenters. The molecule has 3 heterocycles. The first-order chi connectivity index (χ1) is 22.0. The third kappa shape index (κ3) is 6.60. The molecular formula is C33H30N6O5S. The molecule has 2 aromatic heterocycles. The van der Waals surface area contributed by atoms with Gasteiger partial charge in [-0.15, -0.1) is 10.2 Å². The zero-order chi connectivity index (χ0) is 31.2. The third-order valence-electron chi connectivity index (χ3n) is 7.28. The fraction of sp³-hybridized carbons (Fsp3) is 0.182. The number of nitrogens with one attached hydrogen (secondary N) is 1. The molecule has 228 valence electrons. The molecule has 45 heavy (non-hydrogen) atoms. The highest BCUT2D eigenvalue weighted by atomic mass is 32.2. The number of hydrogen-bond donors (Lipinski definition) is 1. The van der Waals surface area contributed by atoms with Gasteiger partial charge in [0.05, 0.1) is 44.5 Å². The number of carbonyl (C=O) groups excluding carboxylic acids is 2. The van der Waals surface area contributed by atoms with E-state index < -0.39 is 0 Å². The van der Waals surface area contributed by atoms with E-state index in [-0.39, 0.29) is 35.9 Å². The van der Waals surface area contributed by atoms with Crippen LogP contribution in [0.25, 0.3) is 5.69 Å². The fourth-order valence-electron chi connectivity index (χ4n) is 4.98. The summed E-state index contributed by atoms with van der Waals surface area (Å²) in [4.78, 5) is 26.3. The van der Waals surface area contributed by atoms with Crippen LogP contribution >= 0.6 is 11.8 Å². The van der Waals surface area contributed by atoms with Gasteiger partial charge in [-0.05, 0) is 71.8 Å². The number of carbonyl (C=O) groups is 2. The molecule has 0 saturated heterocycles. The monoisotopic (exact) mass is 622 g/mol. The summed E-state index contributed by atoms with van der Waals surface area (Å²) in [6.07, 6.45) is 1.99. The Hall–Kier alpha value is -5.36. The molecule has 0 unspecified atom stereocenters. The molecule has 12 heteroatoms. The molecule has 1 aliphatic heterocycles. The van der Waals surface area contributed by atoms with Crippen LogP contribution < -0.4 is 14.8 Å². The second-order valence-corrected chi connectivity index (χ2v) is 11.0. The van der Waals surface area contributed by atoms with E-state index in [0.29, 0.717) is 17.4 Å². The maximum atomic E-state index is 13.8. The number of methoxy groups -OCH3 is 2. The summed E-state index contributed by atoms with van der Waals surface area (Å²) < 4.78 is 17.7. The minimum absolute atomic E-state index is 0.0652. The standard InChI is InChI=1S/C33H30N6O5S/c1-42-25-14-10-22(11-15-25)27-19-28(23-12-16-26(43-2)17-13-23)39(37-27)31(40)21-45-33-36-35-30(38(33)24-7-4-3-5-8-24)20-34-32(41)29-9-6-18-44-29/h3-18,28H,19-21H2,1-2H3,(H,34,41)/t28-/m1/s1. The van der Waals surface area contributed by atoms with E-state index in [2.05, 4.69) is 15.5 Å². The number of hydrogen-bond acceptors (Lipinski definition) is 9. The Balaban J connectivity index is 1.24. The Morgan fingerprint density at radius 1 is 0.911 bits per heavy atom. The topological polar surface area (TPSA) is 124 Å². The number of nitrogens with zero attached hydrogens (tertiary/aromatic N) is 5. The van der Waals surface area contributed by atoms with Crippen molar-refractivity contribution in [2.24, 2.45) is 5.10 Å². The molecule has 0 fully saturated rings. The molecule has 1 N–H and O–H groups in total. The van der Waals surface area contributed by atoms with Gasteiger partial charge in [0.1, 0.15) is 11.5 Å². The van der Waals surface area contributed by atoms with Gasteiger partial charge in [-0.1, -0.05) is 42.1 Å². The molecule has 0 aliphatic carbocycles. The Morgan fingerprint density at radius 3 is 2.29 bits per heavy atom. The van der Waals surface area contributed by atoms with Gasteiger partial charge in [0.15, 0.2) is 16.7 Å². The normalized spacial score (nSPS) is 14.2. The van der Waals surface area contributed by atoms with Crippen molar-refractivity contribution >= 4 is 29.3 Å². The molecule has 5 aromatic rings. The summed E-state index contributed by atoms with van der Waals surface area (Å²) in [6, 6.07) is 27.8. The molecule has 0 radical (unpaired) electrons. The zero-order valence-corrected chi connectivity index (χ0v) is 25.4. The number of para-hydroxylation sites is 1. The lowest BCUT2D eigenvalue weighted by molar-refractivity contribution is -0.130. The minimum atomic E-state index is -0.365. The maximum Gasteiger partial charge on any atom is 0.287 e. The number of furan rings is 1. The molecule has 6 rings (SSSR count). The quantitative estimate of drug-likeness (QED) is 0.198. The summed E-state index contributed by atoms with van der Waals surface area (Å²) in [5.74, 6) is 1.71. The predicted octanol–water partition coefficient (Wildman–Crippen LogP) is 5.28. The van der Waals surface area contributed by atoms with Gasteiger partial charge in [-0.2, -0.15) is 5.10 Å². The predicted molar refractivity (Wildman–Crippen MR) is 169 cm³/mol. The van der Waals surface area contributed by atoms with Gasteiger partial charge < -0.3 is 19.2 Å². The summed E-state index contributed by atoms with van der Waals surface area (Å²) in [7, 11) is 3.24. The lowest BCUT2D eigenvalue weighted by atomic mass is 9.98. The minimum Gasteiger partial charge on any atom is -0.497 e. The molecular weight excluding hydrogens is 592 g/mol. The van der Waals surface area contributed by atoms with Crippen LogP contribution in [0.15, 0.2) is 112 Å². The first kappa shape index (κ1) is 29.7. The number of ether oxygens (including phenoxy) is 2. The highest BCUT2D eigenvalue weighted by Crippen LogP contribution is 2.35. The van der Waals surface area contributed by atoms with Crippen LogP contribution in [0.5, 0.6) is 11.5 Å². The van der Waals surface area contributed by atoms with Gasteiger partial charge in [0.2, 0.25) is 0 Å². The first-order valence-electron chi connectivity index (χ1n) is 14.2. The van der Waals surface area contributed by atoms with Crippen molar-refractivity contribution < 1.29 is 23.5 Å². The van der Waals surface area contributed by atoms with E-state index in [1.165, 1.54) is 18.0 Å². The molecule has 2 amide bonds. The van der Waals surface area contributed by atoms with Crippen molar-refractivity contribution in [3.8, 4) is 17.2 Å². The van der Waals surface area contributed by atoms with E-state index in [9.17, 15) is 9.59 Å². The second kappa shape index (κ2) is 13.5. The van der Waals surface area contributed by atoms with Crippen molar-refractivity contribution in [1.82, 2.24) is 25.1 Å². The van der Waals surface area contributed by atoms with Gasteiger partial charge in [0, 0.05) is 12.1 Å². The lowest BCUT2D eigenvalue weighted by Crippen LogP contribution is -2.28. The van der Waals surface area contributed by atoms with Gasteiger partial charge in [-0.25, -0.2) is 5.01 Å².